The molecular formula is C16H11FN2O. The molecule has 0 N–H and O–H groups in total. The van der Waals surface area contributed by atoms with Gasteiger partial charge in [0.05, 0.1) is 17.4 Å². The first-order valence-corrected chi connectivity index (χ1v) is 6.16. The van der Waals surface area contributed by atoms with Crippen molar-refractivity contribution in [1.29, 1.82) is 0 Å². The summed E-state index contributed by atoms with van der Waals surface area (Å²) in [7, 11) is 0. The Morgan fingerprint density at radius 3 is 2.40 bits per heavy atom. The molecule has 0 unspecified atom stereocenters. The van der Waals surface area contributed by atoms with Gasteiger partial charge in [-0.25, -0.2) is 9.07 Å². The number of nitrogens with zero attached hydrogens (tertiary/aromatic N) is 2. The number of aromatic nitrogens is 2. The van der Waals surface area contributed by atoms with E-state index in [-0.39, 0.29) is 11.3 Å². The lowest BCUT2D eigenvalue weighted by Crippen LogP contribution is -2.11. The Labute approximate surface area is 115 Å². The Morgan fingerprint density at radius 2 is 1.65 bits per heavy atom. The summed E-state index contributed by atoms with van der Waals surface area (Å²) in [6, 6.07) is 16.8. The lowest BCUT2D eigenvalue weighted by Gasteiger charge is -2.07. The molecular weight excluding hydrogens is 255 g/mol. The number of carbonyl (C=O) groups excluding carboxylic acids is 1. The van der Waals surface area contributed by atoms with Crippen LogP contribution in [0.25, 0.3) is 5.69 Å². The predicted molar refractivity (Wildman–Crippen MR) is 73.4 cm³/mol. The molecule has 3 rings (SSSR count). The molecule has 0 aliphatic rings. The van der Waals surface area contributed by atoms with Crippen molar-refractivity contribution in [2.24, 2.45) is 0 Å². The molecule has 0 saturated carbocycles. The molecule has 0 bridgehead atoms. The van der Waals surface area contributed by atoms with Crippen molar-refractivity contribution in [3.8, 4) is 5.69 Å². The Balaban J connectivity index is 2.07. The van der Waals surface area contributed by atoms with E-state index in [2.05, 4.69) is 5.10 Å². The van der Waals surface area contributed by atoms with Gasteiger partial charge in [-0.05, 0) is 30.3 Å². The summed E-state index contributed by atoms with van der Waals surface area (Å²) in [5.41, 5.74) is 1.14. The zero-order chi connectivity index (χ0) is 13.9. The van der Waals surface area contributed by atoms with Gasteiger partial charge in [-0.15, -0.1) is 0 Å². The monoisotopic (exact) mass is 266 g/mol. The van der Waals surface area contributed by atoms with Gasteiger partial charge in [0.25, 0.3) is 0 Å². The second-order valence-electron chi connectivity index (χ2n) is 4.27. The quantitative estimate of drug-likeness (QED) is 0.682. The van der Waals surface area contributed by atoms with Gasteiger partial charge in [-0.1, -0.05) is 30.3 Å². The van der Waals surface area contributed by atoms with Crippen LogP contribution in [0.15, 0.2) is 66.9 Å². The summed E-state index contributed by atoms with van der Waals surface area (Å²) in [5, 5.41) is 4.14. The Morgan fingerprint density at radius 1 is 0.950 bits per heavy atom. The molecule has 0 fully saturated rings. The highest BCUT2D eigenvalue weighted by Crippen LogP contribution is 2.16. The van der Waals surface area contributed by atoms with Gasteiger partial charge in [0.15, 0.2) is 0 Å². The minimum atomic E-state index is -0.529. The van der Waals surface area contributed by atoms with Crippen LogP contribution in [0, 0.1) is 5.82 Å². The molecule has 1 heterocycles. The third kappa shape index (κ3) is 2.12. The van der Waals surface area contributed by atoms with Crippen LogP contribution < -0.4 is 0 Å². The predicted octanol–water partition coefficient (Wildman–Crippen LogP) is 3.24. The third-order valence-corrected chi connectivity index (χ3v) is 2.99. The molecule has 1 aromatic heterocycles. The SMILES string of the molecule is O=C(c1ccccc1F)c1ccnn1-c1ccccc1. The fourth-order valence-electron chi connectivity index (χ4n) is 2.03. The first-order chi connectivity index (χ1) is 9.77. The molecule has 3 aromatic rings. The molecule has 2 aromatic carbocycles. The van der Waals surface area contributed by atoms with Crippen molar-refractivity contribution in [3.05, 3.63) is 83.9 Å². The number of carbonyl (C=O) groups is 1. The number of benzene rings is 2. The fourth-order valence-corrected chi connectivity index (χ4v) is 2.03. The average molecular weight is 266 g/mol. The van der Waals surface area contributed by atoms with E-state index < -0.39 is 5.82 Å². The van der Waals surface area contributed by atoms with Crippen molar-refractivity contribution in [2.45, 2.75) is 0 Å². The molecule has 0 aliphatic carbocycles. The van der Waals surface area contributed by atoms with E-state index in [1.54, 1.807) is 18.2 Å². The van der Waals surface area contributed by atoms with Gasteiger partial charge in [0.1, 0.15) is 11.5 Å². The number of rotatable bonds is 3. The largest absolute Gasteiger partial charge is 0.287 e. The van der Waals surface area contributed by atoms with E-state index >= 15 is 0 Å². The van der Waals surface area contributed by atoms with Gasteiger partial charge in [0.2, 0.25) is 5.78 Å². The van der Waals surface area contributed by atoms with E-state index in [9.17, 15) is 9.18 Å². The Hall–Kier alpha value is -2.75. The van der Waals surface area contributed by atoms with Gasteiger partial charge in [0, 0.05) is 0 Å². The summed E-state index contributed by atoms with van der Waals surface area (Å²) in [6.45, 7) is 0. The molecule has 0 aliphatic heterocycles. The summed E-state index contributed by atoms with van der Waals surface area (Å²) < 4.78 is 15.2. The van der Waals surface area contributed by atoms with Crippen molar-refractivity contribution in [3.63, 3.8) is 0 Å². The first kappa shape index (κ1) is 12.3. The van der Waals surface area contributed by atoms with Crippen LogP contribution in [-0.2, 0) is 0 Å². The molecule has 4 heteroatoms. The molecule has 0 atom stereocenters. The summed E-state index contributed by atoms with van der Waals surface area (Å²) in [6.07, 6.45) is 1.53. The number of halogens is 1. The van der Waals surface area contributed by atoms with E-state index in [1.807, 2.05) is 30.3 Å². The smallest absolute Gasteiger partial charge is 0.214 e. The summed E-state index contributed by atoms with van der Waals surface area (Å²) >= 11 is 0. The van der Waals surface area contributed by atoms with Crippen molar-refractivity contribution in [1.82, 2.24) is 9.78 Å². The number of hydrogen-bond donors (Lipinski definition) is 0. The third-order valence-electron chi connectivity index (χ3n) is 2.99. The van der Waals surface area contributed by atoms with Crippen LogP contribution in [0.2, 0.25) is 0 Å². The van der Waals surface area contributed by atoms with Crippen LogP contribution in [0.5, 0.6) is 0 Å². The van der Waals surface area contributed by atoms with Crippen LogP contribution in [0.3, 0.4) is 0 Å². The van der Waals surface area contributed by atoms with Crippen LogP contribution >= 0.6 is 0 Å². The number of ketones is 1. The molecule has 0 saturated heterocycles. The highest BCUT2D eigenvalue weighted by molar-refractivity contribution is 6.08. The second kappa shape index (κ2) is 5.09. The Bertz CT molecular complexity index is 750. The fraction of sp³-hybridized carbons (Fsp3) is 0. The summed E-state index contributed by atoms with van der Waals surface area (Å²) in [4.78, 5) is 12.4. The molecule has 0 amide bonds. The minimum absolute atomic E-state index is 0.0465. The maximum Gasteiger partial charge on any atom is 0.214 e. The lowest BCUT2D eigenvalue weighted by atomic mass is 10.1. The van der Waals surface area contributed by atoms with E-state index in [0.717, 1.165) is 5.69 Å². The molecule has 0 spiro atoms. The molecule has 0 radical (unpaired) electrons. The van der Waals surface area contributed by atoms with Gasteiger partial charge < -0.3 is 0 Å². The molecule has 98 valence electrons. The topological polar surface area (TPSA) is 34.9 Å². The van der Waals surface area contributed by atoms with Crippen molar-refractivity contribution < 1.29 is 9.18 Å². The number of para-hydroxylation sites is 1. The zero-order valence-corrected chi connectivity index (χ0v) is 10.5. The van der Waals surface area contributed by atoms with E-state index in [1.165, 1.54) is 23.0 Å². The van der Waals surface area contributed by atoms with Crippen molar-refractivity contribution >= 4 is 5.78 Å². The maximum atomic E-state index is 13.7. The number of hydrogen-bond acceptors (Lipinski definition) is 2. The van der Waals surface area contributed by atoms with Crippen LogP contribution in [-0.4, -0.2) is 15.6 Å². The van der Waals surface area contributed by atoms with Gasteiger partial charge >= 0.3 is 0 Å². The Kier molecular flexibility index (Phi) is 3.13. The normalized spacial score (nSPS) is 10.4. The minimum Gasteiger partial charge on any atom is -0.287 e. The van der Waals surface area contributed by atoms with E-state index in [0.29, 0.717) is 5.69 Å². The average Bonchev–Trinajstić information content (AvgIpc) is 2.97. The standard InChI is InChI=1S/C16H11FN2O/c17-14-9-5-4-8-13(14)16(20)15-10-11-18-19(15)12-6-2-1-3-7-12/h1-11H. The first-order valence-electron chi connectivity index (χ1n) is 6.16. The van der Waals surface area contributed by atoms with Crippen LogP contribution in [0.1, 0.15) is 16.1 Å². The highest BCUT2D eigenvalue weighted by atomic mass is 19.1. The van der Waals surface area contributed by atoms with Crippen molar-refractivity contribution in [2.75, 3.05) is 0 Å². The van der Waals surface area contributed by atoms with Gasteiger partial charge in [-0.2, -0.15) is 5.10 Å². The zero-order valence-electron chi connectivity index (χ0n) is 10.5. The highest BCUT2D eigenvalue weighted by Gasteiger charge is 2.18. The second-order valence-corrected chi connectivity index (χ2v) is 4.27. The summed E-state index contributed by atoms with van der Waals surface area (Å²) in [5.74, 6) is -0.914. The maximum absolute atomic E-state index is 13.7. The van der Waals surface area contributed by atoms with E-state index in [4.69, 9.17) is 0 Å². The van der Waals surface area contributed by atoms with Gasteiger partial charge in [-0.3, -0.25) is 4.79 Å². The molecule has 3 nitrogen and oxygen atoms in total. The lowest BCUT2D eigenvalue weighted by molar-refractivity contribution is 0.102. The van der Waals surface area contributed by atoms with Crippen LogP contribution in [0.4, 0.5) is 4.39 Å². The molecule has 20 heavy (non-hydrogen) atoms.